The zero-order chi connectivity index (χ0) is 20.1. The number of nitrogens with one attached hydrogen (secondary N) is 1. The summed E-state index contributed by atoms with van der Waals surface area (Å²) in [6.07, 6.45) is 1.13. The molecule has 6 nitrogen and oxygen atoms in total. The zero-order valence-corrected chi connectivity index (χ0v) is 15.2. The van der Waals surface area contributed by atoms with Crippen LogP contribution in [0.4, 0.5) is 4.39 Å². The van der Waals surface area contributed by atoms with E-state index in [0.717, 1.165) is 18.5 Å². The van der Waals surface area contributed by atoms with Crippen LogP contribution in [-0.2, 0) is 16.1 Å². The fraction of sp³-hybridized carbons (Fsp3) is 0.286. The highest BCUT2D eigenvalue weighted by atomic mass is 19.1. The second-order valence-electron chi connectivity index (χ2n) is 6.79. The summed E-state index contributed by atoms with van der Waals surface area (Å²) in [4.78, 5) is 37.2. The molecule has 146 valence electrons. The van der Waals surface area contributed by atoms with E-state index < -0.39 is 23.7 Å². The van der Waals surface area contributed by atoms with Gasteiger partial charge in [0.05, 0.1) is 12.5 Å². The molecule has 1 heterocycles. The van der Waals surface area contributed by atoms with Crippen LogP contribution in [0.15, 0.2) is 48.5 Å². The Labute approximate surface area is 162 Å². The number of hydrogen-bond acceptors (Lipinski definition) is 3. The molecule has 1 aliphatic rings. The van der Waals surface area contributed by atoms with Crippen molar-refractivity contribution in [3.8, 4) is 0 Å². The molecule has 2 aromatic rings. The molecule has 3 rings (SSSR count). The van der Waals surface area contributed by atoms with Crippen LogP contribution in [0.25, 0.3) is 0 Å². The number of benzene rings is 2. The largest absolute Gasteiger partial charge is 0.481 e. The van der Waals surface area contributed by atoms with Crippen molar-refractivity contribution in [3.63, 3.8) is 0 Å². The lowest BCUT2D eigenvalue weighted by Gasteiger charge is -2.18. The number of aliphatic carboxylic acids is 1. The van der Waals surface area contributed by atoms with Crippen LogP contribution >= 0.6 is 0 Å². The van der Waals surface area contributed by atoms with Crippen LogP contribution in [-0.4, -0.2) is 34.3 Å². The van der Waals surface area contributed by atoms with Crippen LogP contribution in [0, 0.1) is 5.82 Å². The zero-order valence-electron chi connectivity index (χ0n) is 15.2. The number of hydrogen-bond donors (Lipinski definition) is 2. The Morgan fingerprint density at radius 3 is 2.36 bits per heavy atom. The normalized spacial score (nSPS) is 14.8. The molecule has 0 unspecified atom stereocenters. The molecule has 1 atom stereocenters. The molecule has 7 heteroatoms. The number of carbonyl (C=O) groups is 3. The van der Waals surface area contributed by atoms with Crippen molar-refractivity contribution in [1.82, 2.24) is 10.2 Å². The van der Waals surface area contributed by atoms with Gasteiger partial charge in [0.1, 0.15) is 5.82 Å². The number of halogens is 1. The van der Waals surface area contributed by atoms with Crippen molar-refractivity contribution in [2.75, 3.05) is 6.54 Å². The Morgan fingerprint density at radius 2 is 1.79 bits per heavy atom. The molecule has 0 aromatic heterocycles. The summed E-state index contributed by atoms with van der Waals surface area (Å²) < 4.78 is 13.1. The Kier molecular flexibility index (Phi) is 6.03. The summed E-state index contributed by atoms with van der Waals surface area (Å²) in [7, 11) is 0. The molecule has 28 heavy (non-hydrogen) atoms. The third kappa shape index (κ3) is 4.94. The number of carboxylic acid groups (broad SMARTS) is 1. The molecule has 0 aliphatic carbocycles. The van der Waals surface area contributed by atoms with Gasteiger partial charge in [0.15, 0.2) is 0 Å². The quantitative estimate of drug-likeness (QED) is 0.769. The van der Waals surface area contributed by atoms with E-state index in [1.807, 2.05) is 0 Å². The lowest BCUT2D eigenvalue weighted by atomic mass is 10.0. The van der Waals surface area contributed by atoms with E-state index in [4.69, 9.17) is 5.11 Å². The number of nitrogens with zero attached hydrogens (tertiary/aromatic N) is 1. The summed E-state index contributed by atoms with van der Waals surface area (Å²) in [5.74, 6) is -1.78. The number of likely N-dealkylation sites (tertiary alicyclic amines) is 1. The maximum absolute atomic E-state index is 13.1. The highest BCUT2D eigenvalue weighted by Crippen LogP contribution is 2.19. The minimum absolute atomic E-state index is 0.137. The molecular weight excluding hydrogens is 363 g/mol. The molecule has 2 aromatic carbocycles. The Balaban J connectivity index is 1.68. The lowest BCUT2D eigenvalue weighted by Crippen LogP contribution is -2.30. The van der Waals surface area contributed by atoms with E-state index in [2.05, 4.69) is 5.32 Å². The van der Waals surface area contributed by atoms with Gasteiger partial charge in [0.25, 0.3) is 5.91 Å². The van der Waals surface area contributed by atoms with Gasteiger partial charge < -0.3 is 15.3 Å². The fourth-order valence-corrected chi connectivity index (χ4v) is 3.22. The highest BCUT2D eigenvalue weighted by Gasteiger charge is 2.21. The molecule has 2 amide bonds. The minimum Gasteiger partial charge on any atom is -0.481 e. The van der Waals surface area contributed by atoms with E-state index in [1.165, 1.54) is 24.3 Å². The molecule has 0 spiro atoms. The minimum atomic E-state index is -1.07. The summed E-state index contributed by atoms with van der Waals surface area (Å²) in [5.41, 5.74) is 1.82. The maximum Gasteiger partial charge on any atom is 0.305 e. The predicted octanol–water partition coefficient (Wildman–Crippen LogP) is 2.89. The van der Waals surface area contributed by atoms with E-state index in [-0.39, 0.29) is 12.3 Å². The van der Waals surface area contributed by atoms with Crippen molar-refractivity contribution < 1.29 is 23.9 Å². The molecule has 1 aliphatic heterocycles. The van der Waals surface area contributed by atoms with Crippen molar-refractivity contribution in [2.45, 2.75) is 31.8 Å². The molecule has 2 N–H and O–H groups in total. The average molecular weight is 384 g/mol. The Hall–Kier alpha value is -3.22. The second kappa shape index (κ2) is 8.65. The van der Waals surface area contributed by atoms with Crippen LogP contribution in [0.5, 0.6) is 0 Å². The van der Waals surface area contributed by atoms with Gasteiger partial charge in [-0.2, -0.15) is 0 Å². The molecule has 1 saturated heterocycles. The standard InChI is InChI=1S/C21H21FN2O4/c22-17-9-7-15(8-10-17)18(12-20(26)27)23-21(28)16-5-3-14(4-6-16)13-24-11-1-2-19(24)25/h3-10,18H,1-2,11-13H2,(H,23,28)(H,26,27)/t18-/m0/s1. The van der Waals surface area contributed by atoms with Crippen molar-refractivity contribution >= 4 is 17.8 Å². The molecule has 0 radical (unpaired) electrons. The first-order chi connectivity index (χ1) is 13.4. The molecular formula is C21H21FN2O4. The van der Waals surface area contributed by atoms with Gasteiger partial charge in [-0.1, -0.05) is 24.3 Å². The fourth-order valence-electron chi connectivity index (χ4n) is 3.22. The van der Waals surface area contributed by atoms with Crippen molar-refractivity contribution in [1.29, 1.82) is 0 Å². The van der Waals surface area contributed by atoms with Gasteiger partial charge in [-0.15, -0.1) is 0 Å². The van der Waals surface area contributed by atoms with E-state index >= 15 is 0 Å². The number of amides is 2. The van der Waals surface area contributed by atoms with Gasteiger partial charge in [-0.05, 0) is 41.8 Å². The first-order valence-electron chi connectivity index (χ1n) is 9.07. The second-order valence-corrected chi connectivity index (χ2v) is 6.79. The Morgan fingerprint density at radius 1 is 1.11 bits per heavy atom. The van der Waals surface area contributed by atoms with E-state index in [9.17, 15) is 18.8 Å². The predicted molar refractivity (Wildman–Crippen MR) is 100.0 cm³/mol. The van der Waals surface area contributed by atoms with Gasteiger partial charge in [0, 0.05) is 25.1 Å². The summed E-state index contributed by atoms with van der Waals surface area (Å²) >= 11 is 0. The smallest absolute Gasteiger partial charge is 0.305 e. The average Bonchev–Trinajstić information content (AvgIpc) is 3.06. The van der Waals surface area contributed by atoms with Gasteiger partial charge in [-0.3, -0.25) is 14.4 Å². The first-order valence-corrected chi connectivity index (χ1v) is 9.07. The lowest BCUT2D eigenvalue weighted by molar-refractivity contribution is -0.137. The monoisotopic (exact) mass is 384 g/mol. The maximum atomic E-state index is 13.1. The van der Waals surface area contributed by atoms with Crippen LogP contribution in [0.1, 0.15) is 46.8 Å². The number of carboxylic acids is 1. The van der Waals surface area contributed by atoms with Gasteiger partial charge in [0.2, 0.25) is 5.91 Å². The molecule has 0 bridgehead atoms. The molecule has 1 fully saturated rings. The van der Waals surface area contributed by atoms with E-state index in [0.29, 0.717) is 24.1 Å². The SMILES string of the molecule is O=C(O)C[C@H](NC(=O)c1ccc(CN2CCCC2=O)cc1)c1ccc(F)cc1. The third-order valence-corrected chi connectivity index (χ3v) is 4.72. The topological polar surface area (TPSA) is 86.7 Å². The van der Waals surface area contributed by atoms with Crippen molar-refractivity contribution in [3.05, 3.63) is 71.0 Å². The van der Waals surface area contributed by atoms with Crippen LogP contribution < -0.4 is 5.32 Å². The van der Waals surface area contributed by atoms with Gasteiger partial charge >= 0.3 is 5.97 Å². The molecule has 0 saturated carbocycles. The Bertz CT molecular complexity index is 865. The summed E-state index contributed by atoms with van der Waals surface area (Å²) in [5, 5.41) is 11.8. The van der Waals surface area contributed by atoms with Crippen molar-refractivity contribution in [2.24, 2.45) is 0 Å². The number of carbonyl (C=O) groups excluding carboxylic acids is 2. The highest BCUT2D eigenvalue weighted by molar-refractivity contribution is 5.94. The van der Waals surface area contributed by atoms with Crippen LogP contribution in [0.3, 0.4) is 0 Å². The summed E-state index contributed by atoms with van der Waals surface area (Å²) in [6, 6.07) is 11.5. The first kappa shape index (κ1) is 19.5. The number of rotatable bonds is 7. The van der Waals surface area contributed by atoms with Gasteiger partial charge in [-0.25, -0.2) is 4.39 Å². The van der Waals surface area contributed by atoms with Crippen LogP contribution in [0.2, 0.25) is 0 Å². The summed E-state index contributed by atoms with van der Waals surface area (Å²) in [6.45, 7) is 1.26. The third-order valence-electron chi connectivity index (χ3n) is 4.72. The van der Waals surface area contributed by atoms with E-state index in [1.54, 1.807) is 29.2 Å².